The first-order valence-corrected chi connectivity index (χ1v) is 7.32. The average molecular weight is 335 g/mol. The number of carbonyl (C=O) groups is 1. The summed E-state index contributed by atoms with van der Waals surface area (Å²) in [4.78, 5) is 11.4. The maximum absolute atomic E-state index is 11.4. The predicted molar refractivity (Wildman–Crippen MR) is 87.5 cm³/mol. The summed E-state index contributed by atoms with van der Waals surface area (Å²) in [6, 6.07) is 10.6. The zero-order chi connectivity index (χ0) is 15.7. The number of hydrogen-bond acceptors (Lipinski definition) is 3. The molecule has 1 amide bonds. The molecule has 0 saturated heterocycles. The summed E-state index contributed by atoms with van der Waals surface area (Å²) < 4.78 is 0. The van der Waals surface area contributed by atoms with Gasteiger partial charge in [-0.15, -0.1) is 0 Å². The number of halogens is 2. The maximum atomic E-state index is 11.4. The second-order valence-electron chi connectivity index (χ2n) is 4.96. The molecule has 3 rings (SSSR count). The molecule has 3 N–H and O–H groups in total. The second-order valence-corrected chi connectivity index (χ2v) is 5.77. The lowest BCUT2D eigenvalue weighted by atomic mass is 10.1. The number of fused-ring (bicyclic) bond motifs is 1. The lowest BCUT2D eigenvalue weighted by molar-refractivity contribution is 0.0706. The first-order valence-electron chi connectivity index (χ1n) is 6.57. The molecule has 0 aliphatic heterocycles. The normalized spacial score (nSPS) is 12.6. The molecule has 0 saturated carbocycles. The van der Waals surface area contributed by atoms with E-state index in [1.54, 1.807) is 23.7 Å². The monoisotopic (exact) mass is 334 g/mol. The van der Waals surface area contributed by atoms with Crippen LogP contribution in [0.25, 0.3) is 6.08 Å². The molecule has 22 heavy (non-hydrogen) atoms. The van der Waals surface area contributed by atoms with Crippen LogP contribution in [0.5, 0.6) is 0 Å². The number of amides is 1. The molecule has 2 aromatic carbocycles. The van der Waals surface area contributed by atoms with Crippen molar-refractivity contribution in [3.63, 3.8) is 0 Å². The smallest absolute Gasteiger partial charge is 0.274 e. The van der Waals surface area contributed by atoms with Crippen LogP contribution in [0.3, 0.4) is 0 Å². The number of benzene rings is 2. The molecule has 0 spiro atoms. The first-order chi connectivity index (χ1) is 10.6. The van der Waals surface area contributed by atoms with Crippen LogP contribution in [0, 0.1) is 0 Å². The van der Waals surface area contributed by atoms with Crippen molar-refractivity contribution < 1.29 is 10.0 Å². The van der Waals surface area contributed by atoms with Gasteiger partial charge in [-0.05, 0) is 47.5 Å². The third-order valence-corrected chi connectivity index (χ3v) is 4.15. The van der Waals surface area contributed by atoms with Gasteiger partial charge in [0.15, 0.2) is 0 Å². The Labute approximate surface area is 137 Å². The Hall–Kier alpha value is -2.01. The summed E-state index contributed by atoms with van der Waals surface area (Å²) in [7, 11) is 0. The third-order valence-electron chi connectivity index (χ3n) is 3.42. The van der Waals surface area contributed by atoms with Gasteiger partial charge in [-0.3, -0.25) is 10.0 Å². The van der Waals surface area contributed by atoms with E-state index in [0.29, 0.717) is 22.0 Å². The Bertz CT molecular complexity index is 788. The van der Waals surface area contributed by atoms with Crippen molar-refractivity contribution in [2.45, 2.75) is 6.42 Å². The Morgan fingerprint density at radius 2 is 1.91 bits per heavy atom. The van der Waals surface area contributed by atoms with E-state index < -0.39 is 5.91 Å². The lowest BCUT2D eigenvalue weighted by Crippen LogP contribution is -2.18. The zero-order valence-corrected chi connectivity index (χ0v) is 12.9. The number of anilines is 1. The van der Waals surface area contributed by atoms with Crippen LogP contribution in [0.1, 0.15) is 21.5 Å². The van der Waals surface area contributed by atoms with Crippen molar-refractivity contribution in [1.29, 1.82) is 0 Å². The Balaban J connectivity index is 1.81. The second kappa shape index (κ2) is 6.01. The van der Waals surface area contributed by atoms with E-state index in [4.69, 9.17) is 28.4 Å². The minimum Gasteiger partial charge on any atom is -0.359 e. The quantitative estimate of drug-likeness (QED) is 0.584. The highest BCUT2D eigenvalue weighted by Crippen LogP contribution is 2.33. The number of hydrogen-bond donors (Lipinski definition) is 3. The number of allylic oxidation sites excluding steroid dienone is 1. The summed E-state index contributed by atoms with van der Waals surface area (Å²) >= 11 is 12.1. The van der Waals surface area contributed by atoms with E-state index in [-0.39, 0.29) is 0 Å². The molecule has 0 bridgehead atoms. The highest BCUT2D eigenvalue weighted by atomic mass is 35.5. The van der Waals surface area contributed by atoms with E-state index in [0.717, 1.165) is 22.5 Å². The number of hydroxylamine groups is 1. The van der Waals surface area contributed by atoms with Crippen LogP contribution in [-0.4, -0.2) is 11.1 Å². The molecule has 1 aliphatic rings. The standard InChI is InChI=1S/C16H12Cl2N2O2/c17-14-7-10-5-13(6-11(10)8-15(14)18)19-12-3-1-2-9(4-12)16(21)20-22/h1-5,7-8,19,22H,6H2,(H,20,21). The molecule has 6 heteroatoms. The maximum Gasteiger partial charge on any atom is 0.274 e. The van der Waals surface area contributed by atoms with Crippen molar-refractivity contribution in [2.24, 2.45) is 0 Å². The molecular weight excluding hydrogens is 323 g/mol. The van der Waals surface area contributed by atoms with Gasteiger partial charge in [0, 0.05) is 23.4 Å². The Kier molecular flexibility index (Phi) is 4.07. The minimum atomic E-state index is -0.550. The molecule has 0 aromatic heterocycles. The molecule has 112 valence electrons. The van der Waals surface area contributed by atoms with Gasteiger partial charge in [-0.2, -0.15) is 0 Å². The molecule has 2 aromatic rings. The summed E-state index contributed by atoms with van der Waals surface area (Å²) in [5, 5.41) is 13.0. The van der Waals surface area contributed by atoms with Crippen molar-refractivity contribution in [3.05, 3.63) is 68.8 Å². The van der Waals surface area contributed by atoms with Gasteiger partial charge in [0.1, 0.15) is 0 Å². The van der Waals surface area contributed by atoms with E-state index in [1.807, 2.05) is 24.3 Å². The van der Waals surface area contributed by atoms with Gasteiger partial charge in [-0.25, -0.2) is 5.48 Å². The zero-order valence-electron chi connectivity index (χ0n) is 11.4. The van der Waals surface area contributed by atoms with Crippen molar-refractivity contribution in [3.8, 4) is 0 Å². The van der Waals surface area contributed by atoms with Crippen LogP contribution >= 0.6 is 23.2 Å². The summed E-state index contributed by atoms with van der Waals surface area (Å²) in [5.41, 5.74) is 5.86. The van der Waals surface area contributed by atoms with Crippen LogP contribution < -0.4 is 10.8 Å². The highest BCUT2D eigenvalue weighted by Gasteiger charge is 2.15. The predicted octanol–water partition coefficient (Wildman–Crippen LogP) is 4.12. The molecule has 0 fully saturated rings. The summed E-state index contributed by atoms with van der Waals surface area (Å²) in [6.45, 7) is 0. The van der Waals surface area contributed by atoms with Crippen LogP contribution in [0.2, 0.25) is 10.0 Å². The van der Waals surface area contributed by atoms with Gasteiger partial charge in [0.25, 0.3) is 5.91 Å². The number of carbonyl (C=O) groups excluding carboxylic acids is 1. The lowest BCUT2D eigenvalue weighted by Gasteiger charge is -2.08. The fourth-order valence-corrected chi connectivity index (χ4v) is 2.76. The van der Waals surface area contributed by atoms with Gasteiger partial charge in [0.05, 0.1) is 10.0 Å². The van der Waals surface area contributed by atoms with Crippen molar-refractivity contribution in [1.82, 2.24) is 5.48 Å². The third kappa shape index (κ3) is 2.95. The molecule has 4 nitrogen and oxygen atoms in total. The summed E-state index contributed by atoms with van der Waals surface area (Å²) in [5.74, 6) is -0.550. The molecule has 0 radical (unpaired) electrons. The van der Waals surface area contributed by atoms with E-state index in [1.165, 1.54) is 0 Å². The molecule has 0 heterocycles. The largest absolute Gasteiger partial charge is 0.359 e. The van der Waals surface area contributed by atoms with Crippen molar-refractivity contribution in [2.75, 3.05) is 5.32 Å². The van der Waals surface area contributed by atoms with E-state index >= 15 is 0 Å². The van der Waals surface area contributed by atoms with Crippen LogP contribution in [0.15, 0.2) is 42.1 Å². The topological polar surface area (TPSA) is 61.4 Å². The number of nitrogens with one attached hydrogen (secondary N) is 2. The van der Waals surface area contributed by atoms with Crippen molar-refractivity contribution >= 4 is 40.9 Å². The van der Waals surface area contributed by atoms with E-state index in [2.05, 4.69) is 5.32 Å². The SMILES string of the molecule is O=C(NO)c1cccc(NC2=Cc3cc(Cl)c(Cl)cc3C2)c1. The first kappa shape index (κ1) is 14.9. The molecule has 0 atom stereocenters. The Morgan fingerprint density at radius 3 is 2.68 bits per heavy atom. The fourth-order valence-electron chi connectivity index (χ4n) is 2.40. The molecular formula is C16H12Cl2N2O2. The van der Waals surface area contributed by atoms with Gasteiger partial charge < -0.3 is 5.32 Å². The highest BCUT2D eigenvalue weighted by molar-refractivity contribution is 6.42. The summed E-state index contributed by atoms with van der Waals surface area (Å²) in [6.07, 6.45) is 2.71. The molecule has 1 aliphatic carbocycles. The minimum absolute atomic E-state index is 0.370. The van der Waals surface area contributed by atoms with Crippen LogP contribution in [-0.2, 0) is 6.42 Å². The Morgan fingerprint density at radius 1 is 1.14 bits per heavy atom. The fraction of sp³-hybridized carbons (Fsp3) is 0.0625. The van der Waals surface area contributed by atoms with Gasteiger partial charge >= 0.3 is 0 Å². The average Bonchev–Trinajstić information content (AvgIpc) is 2.88. The van der Waals surface area contributed by atoms with Crippen LogP contribution in [0.4, 0.5) is 5.69 Å². The van der Waals surface area contributed by atoms with Gasteiger partial charge in [0.2, 0.25) is 0 Å². The van der Waals surface area contributed by atoms with Gasteiger partial charge in [-0.1, -0.05) is 29.3 Å². The number of rotatable bonds is 3. The molecule has 0 unspecified atom stereocenters. The van der Waals surface area contributed by atoms with E-state index in [9.17, 15) is 4.79 Å².